The molecule has 0 amide bonds. The van der Waals surface area contributed by atoms with Crippen molar-refractivity contribution in [3.05, 3.63) is 35.9 Å². The van der Waals surface area contributed by atoms with E-state index in [9.17, 15) is 9.90 Å². The van der Waals surface area contributed by atoms with E-state index >= 15 is 0 Å². The van der Waals surface area contributed by atoms with Gasteiger partial charge in [-0.25, -0.2) is 4.79 Å². The highest BCUT2D eigenvalue weighted by molar-refractivity contribution is 5.89. The van der Waals surface area contributed by atoms with E-state index in [1.54, 1.807) is 24.3 Å². The smallest absolute Gasteiger partial charge is 0.340 e. The molecule has 1 N–H and O–H groups in total. The minimum atomic E-state index is -0.988. The molecule has 1 rings (SSSR count). The second-order valence-corrected chi connectivity index (χ2v) is 3.37. The van der Waals surface area contributed by atoms with Crippen molar-refractivity contribution in [2.24, 2.45) is 0 Å². The number of benzene rings is 1. The van der Waals surface area contributed by atoms with Crippen LogP contribution >= 0.6 is 0 Å². The minimum absolute atomic E-state index is 0.466. The molecule has 0 saturated heterocycles. The summed E-state index contributed by atoms with van der Waals surface area (Å²) in [5, 5.41) is 9.37. The van der Waals surface area contributed by atoms with Crippen LogP contribution in [-0.4, -0.2) is 17.4 Å². The van der Waals surface area contributed by atoms with Crippen molar-refractivity contribution in [3.8, 4) is 0 Å². The van der Waals surface area contributed by atoms with Gasteiger partial charge in [0, 0.05) is 6.42 Å². The molecule has 0 heterocycles. The molecule has 0 aliphatic carbocycles. The molecule has 0 fully saturated rings. The maximum atomic E-state index is 11.4. The number of rotatable bonds is 5. The van der Waals surface area contributed by atoms with Gasteiger partial charge in [-0.1, -0.05) is 31.5 Å². The molecule has 0 aliphatic rings. The summed E-state index contributed by atoms with van der Waals surface area (Å²) in [4.78, 5) is 11.4. The first-order valence-corrected chi connectivity index (χ1v) is 5.18. The fourth-order valence-electron chi connectivity index (χ4n) is 1.20. The van der Waals surface area contributed by atoms with Crippen molar-refractivity contribution < 1.29 is 14.6 Å². The molecule has 0 spiro atoms. The van der Waals surface area contributed by atoms with E-state index in [1.165, 1.54) is 0 Å². The zero-order valence-corrected chi connectivity index (χ0v) is 8.85. The van der Waals surface area contributed by atoms with Crippen LogP contribution in [0.1, 0.15) is 36.5 Å². The first kappa shape index (κ1) is 11.7. The molecule has 15 heavy (non-hydrogen) atoms. The number of aliphatic hydroxyl groups is 1. The fraction of sp³-hybridized carbons (Fsp3) is 0.417. The third kappa shape index (κ3) is 4.13. The molecule has 0 radical (unpaired) electrons. The highest BCUT2D eigenvalue weighted by Gasteiger charge is 2.11. The number of unbranched alkanes of at least 4 members (excludes halogenated alkanes) is 1. The summed E-state index contributed by atoms with van der Waals surface area (Å²) in [7, 11) is 0. The van der Waals surface area contributed by atoms with Crippen molar-refractivity contribution in [3.63, 3.8) is 0 Å². The lowest BCUT2D eigenvalue weighted by Crippen LogP contribution is -2.17. The summed E-state index contributed by atoms with van der Waals surface area (Å²) >= 11 is 0. The average molecular weight is 208 g/mol. The third-order valence-corrected chi connectivity index (χ3v) is 2.06. The molecule has 1 aromatic rings. The molecule has 0 saturated carbocycles. The fourth-order valence-corrected chi connectivity index (χ4v) is 1.20. The monoisotopic (exact) mass is 208 g/mol. The molecule has 3 nitrogen and oxygen atoms in total. The van der Waals surface area contributed by atoms with E-state index in [0.29, 0.717) is 12.0 Å². The largest absolute Gasteiger partial charge is 0.432 e. The predicted octanol–water partition coefficient (Wildman–Crippen LogP) is 2.35. The Morgan fingerprint density at radius 1 is 1.40 bits per heavy atom. The van der Waals surface area contributed by atoms with Gasteiger partial charge >= 0.3 is 5.97 Å². The SMILES string of the molecule is CCCCC(O)OC(=O)c1ccccc1. The van der Waals surface area contributed by atoms with E-state index in [4.69, 9.17) is 4.74 Å². The van der Waals surface area contributed by atoms with Crippen molar-refractivity contribution in [1.82, 2.24) is 0 Å². The van der Waals surface area contributed by atoms with Crippen LogP contribution in [0.4, 0.5) is 0 Å². The van der Waals surface area contributed by atoms with Gasteiger partial charge < -0.3 is 9.84 Å². The lowest BCUT2D eigenvalue weighted by Gasteiger charge is -2.11. The zero-order valence-electron chi connectivity index (χ0n) is 8.85. The van der Waals surface area contributed by atoms with Crippen molar-refractivity contribution in [1.29, 1.82) is 0 Å². The van der Waals surface area contributed by atoms with Gasteiger partial charge in [0.1, 0.15) is 0 Å². The number of carbonyl (C=O) groups excluding carboxylic acids is 1. The Bertz CT molecular complexity index is 295. The number of hydrogen-bond donors (Lipinski definition) is 1. The first-order valence-electron chi connectivity index (χ1n) is 5.18. The number of carbonyl (C=O) groups is 1. The quantitative estimate of drug-likeness (QED) is 0.596. The molecular weight excluding hydrogens is 192 g/mol. The van der Waals surface area contributed by atoms with Crippen LogP contribution in [0, 0.1) is 0 Å². The Morgan fingerprint density at radius 2 is 2.07 bits per heavy atom. The number of esters is 1. The van der Waals surface area contributed by atoms with Crippen molar-refractivity contribution in [2.45, 2.75) is 32.5 Å². The molecular formula is C12H16O3. The number of hydrogen-bond acceptors (Lipinski definition) is 3. The summed E-state index contributed by atoms with van der Waals surface area (Å²) < 4.78 is 4.86. The van der Waals surface area contributed by atoms with Crippen LogP contribution in [-0.2, 0) is 4.74 Å². The number of aliphatic hydroxyl groups excluding tert-OH is 1. The highest BCUT2D eigenvalue weighted by atomic mass is 16.6. The van der Waals surface area contributed by atoms with E-state index < -0.39 is 12.3 Å². The maximum absolute atomic E-state index is 11.4. The van der Waals surface area contributed by atoms with Crippen LogP contribution in [0.25, 0.3) is 0 Å². The Morgan fingerprint density at radius 3 is 2.67 bits per heavy atom. The van der Waals surface area contributed by atoms with Gasteiger partial charge in [0.25, 0.3) is 0 Å². The summed E-state index contributed by atoms with van der Waals surface area (Å²) in [5.74, 6) is -0.473. The average Bonchev–Trinajstić information content (AvgIpc) is 2.27. The first-order chi connectivity index (χ1) is 7.24. The van der Waals surface area contributed by atoms with Gasteiger partial charge in [0.15, 0.2) is 0 Å². The third-order valence-electron chi connectivity index (χ3n) is 2.06. The lowest BCUT2D eigenvalue weighted by molar-refractivity contribution is -0.0692. The Balaban J connectivity index is 2.42. The normalized spacial score (nSPS) is 12.1. The Hall–Kier alpha value is -1.35. The molecule has 0 aliphatic heterocycles. The molecule has 0 bridgehead atoms. The van der Waals surface area contributed by atoms with Crippen LogP contribution < -0.4 is 0 Å². The summed E-state index contributed by atoms with van der Waals surface area (Å²) in [6.45, 7) is 2.02. The second-order valence-electron chi connectivity index (χ2n) is 3.37. The topological polar surface area (TPSA) is 46.5 Å². The van der Waals surface area contributed by atoms with E-state index in [0.717, 1.165) is 12.8 Å². The standard InChI is InChI=1S/C12H16O3/c1-2-3-9-11(13)15-12(14)10-7-5-4-6-8-10/h4-8,11,13H,2-3,9H2,1H3. The minimum Gasteiger partial charge on any atom is -0.432 e. The Labute approximate surface area is 89.7 Å². The van der Waals surface area contributed by atoms with Crippen LogP contribution in [0.3, 0.4) is 0 Å². The van der Waals surface area contributed by atoms with Crippen LogP contribution in [0.5, 0.6) is 0 Å². The highest BCUT2D eigenvalue weighted by Crippen LogP contribution is 2.06. The lowest BCUT2D eigenvalue weighted by atomic mass is 10.2. The number of ether oxygens (including phenoxy) is 1. The van der Waals surface area contributed by atoms with Gasteiger partial charge in [-0.3, -0.25) is 0 Å². The zero-order chi connectivity index (χ0) is 11.1. The molecule has 1 aromatic carbocycles. The summed E-state index contributed by atoms with van der Waals surface area (Å²) in [6, 6.07) is 8.66. The molecule has 1 atom stereocenters. The van der Waals surface area contributed by atoms with E-state index in [2.05, 4.69) is 0 Å². The van der Waals surface area contributed by atoms with Gasteiger partial charge in [0.05, 0.1) is 5.56 Å². The molecule has 82 valence electrons. The molecule has 1 unspecified atom stereocenters. The predicted molar refractivity (Wildman–Crippen MR) is 57.4 cm³/mol. The second kappa shape index (κ2) is 6.19. The van der Waals surface area contributed by atoms with Crippen molar-refractivity contribution >= 4 is 5.97 Å². The van der Waals surface area contributed by atoms with Gasteiger partial charge in [0.2, 0.25) is 6.29 Å². The van der Waals surface area contributed by atoms with E-state index in [-0.39, 0.29) is 0 Å². The van der Waals surface area contributed by atoms with E-state index in [1.807, 2.05) is 13.0 Å². The van der Waals surface area contributed by atoms with Crippen LogP contribution in [0.2, 0.25) is 0 Å². The maximum Gasteiger partial charge on any atom is 0.340 e. The summed E-state index contributed by atoms with van der Waals surface area (Å²) in [6.07, 6.45) is 1.33. The van der Waals surface area contributed by atoms with Gasteiger partial charge in [-0.2, -0.15) is 0 Å². The Kier molecular flexibility index (Phi) is 4.84. The molecule has 0 aromatic heterocycles. The van der Waals surface area contributed by atoms with Crippen molar-refractivity contribution in [2.75, 3.05) is 0 Å². The van der Waals surface area contributed by atoms with Gasteiger partial charge in [-0.15, -0.1) is 0 Å². The summed E-state index contributed by atoms with van der Waals surface area (Å²) in [5.41, 5.74) is 0.466. The molecule has 3 heteroatoms. The van der Waals surface area contributed by atoms with Gasteiger partial charge in [-0.05, 0) is 18.6 Å². The van der Waals surface area contributed by atoms with Crippen LogP contribution in [0.15, 0.2) is 30.3 Å².